The zero-order valence-electron chi connectivity index (χ0n) is 12.4. The number of hydrogen-bond acceptors (Lipinski definition) is 3. The quantitative estimate of drug-likeness (QED) is 0.793. The number of piperidine rings is 1. The molecule has 1 aromatic carbocycles. The minimum atomic E-state index is -0.215. The summed E-state index contributed by atoms with van der Waals surface area (Å²) >= 11 is 0. The first-order chi connectivity index (χ1) is 10.3. The van der Waals surface area contributed by atoms with Gasteiger partial charge in [0.15, 0.2) is 0 Å². The second kappa shape index (κ2) is 5.30. The Bertz CT molecular complexity index is 726. The standard InChI is InChI=1S/C18H21NO2/c20-18-11-15(12-19-7-2-1-3-8-19)16-9-13-5-4-6-14(13)10-17(16)21-18/h9-11H,1-8,12H2. The first kappa shape index (κ1) is 13.1. The van der Waals surface area contributed by atoms with Gasteiger partial charge in [-0.15, -0.1) is 0 Å². The van der Waals surface area contributed by atoms with Gasteiger partial charge < -0.3 is 4.42 Å². The van der Waals surface area contributed by atoms with E-state index in [-0.39, 0.29) is 5.63 Å². The number of fused-ring (bicyclic) bond motifs is 2. The highest BCUT2D eigenvalue weighted by Gasteiger charge is 2.17. The maximum atomic E-state index is 11.9. The topological polar surface area (TPSA) is 33.5 Å². The molecule has 1 fully saturated rings. The summed E-state index contributed by atoms with van der Waals surface area (Å²) in [5.41, 5.74) is 4.50. The van der Waals surface area contributed by atoms with Crippen molar-refractivity contribution in [3.8, 4) is 0 Å². The van der Waals surface area contributed by atoms with Gasteiger partial charge in [-0.2, -0.15) is 0 Å². The minimum Gasteiger partial charge on any atom is -0.423 e. The predicted octanol–water partition coefficient (Wildman–Crippen LogP) is 3.27. The van der Waals surface area contributed by atoms with Crippen LogP contribution < -0.4 is 5.63 Å². The second-order valence-electron chi connectivity index (χ2n) is 6.40. The molecule has 0 N–H and O–H groups in total. The first-order valence-corrected chi connectivity index (χ1v) is 8.10. The molecule has 0 unspecified atom stereocenters. The maximum absolute atomic E-state index is 11.9. The molecule has 1 saturated heterocycles. The van der Waals surface area contributed by atoms with Crippen LogP contribution in [0, 0.1) is 0 Å². The maximum Gasteiger partial charge on any atom is 0.336 e. The molecule has 21 heavy (non-hydrogen) atoms. The fourth-order valence-electron chi connectivity index (χ4n) is 3.78. The van der Waals surface area contributed by atoms with E-state index in [4.69, 9.17) is 4.42 Å². The molecule has 2 aromatic rings. The van der Waals surface area contributed by atoms with Crippen LogP contribution in [-0.2, 0) is 19.4 Å². The fraction of sp³-hybridized carbons (Fsp3) is 0.500. The summed E-state index contributed by atoms with van der Waals surface area (Å²) < 4.78 is 5.44. The third-order valence-corrected chi connectivity index (χ3v) is 4.89. The van der Waals surface area contributed by atoms with Crippen LogP contribution in [0.15, 0.2) is 27.4 Å². The van der Waals surface area contributed by atoms with Crippen molar-refractivity contribution in [2.75, 3.05) is 13.1 Å². The Hall–Kier alpha value is -1.61. The molecule has 1 aromatic heterocycles. The van der Waals surface area contributed by atoms with Crippen LogP contribution in [0.2, 0.25) is 0 Å². The van der Waals surface area contributed by atoms with Gasteiger partial charge in [0.05, 0.1) is 0 Å². The highest BCUT2D eigenvalue weighted by molar-refractivity contribution is 5.82. The summed E-state index contributed by atoms with van der Waals surface area (Å²) in [5.74, 6) is 0. The molecule has 3 nitrogen and oxygen atoms in total. The van der Waals surface area contributed by atoms with Crippen LogP contribution in [0.25, 0.3) is 11.0 Å². The molecule has 0 spiro atoms. The Kier molecular flexibility index (Phi) is 3.30. The van der Waals surface area contributed by atoms with E-state index in [0.29, 0.717) is 0 Å². The van der Waals surface area contributed by atoms with Crippen LogP contribution in [0.1, 0.15) is 42.4 Å². The third-order valence-electron chi connectivity index (χ3n) is 4.89. The highest BCUT2D eigenvalue weighted by atomic mass is 16.4. The highest BCUT2D eigenvalue weighted by Crippen LogP contribution is 2.29. The Morgan fingerprint density at radius 1 is 0.952 bits per heavy atom. The smallest absolute Gasteiger partial charge is 0.336 e. The van der Waals surface area contributed by atoms with Crippen LogP contribution in [-0.4, -0.2) is 18.0 Å². The molecule has 0 bridgehead atoms. The van der Waals surface area contributed by atoms with Crippen molar-refractivity contribution in [2.45, 2.75) is 45.1 Å². The molecule has 110 valence electrons. The second-order valence-corrected chi connectivity index (χ2v) is 6.40. The van der Waals surface area contributed by atoms with Gasteiger partial charge in [0.2, 0.25) is 0 Å². The number of likely N-dealkylation sites (tertiary alicyclic amines) is 1. The van der Waals surface area contributed by atoms with E-state index < -0.39 is 0 Å². The molecule has 1 aliphatic heterocycles. The van der Waals surface area contributed by atoms with Crippen LogP contribution in [0.3, 0.4) is 0 Å². The van der Waals surface area contributed by atoms with Gasteiger partial charge in [0.1, 0.15) is 5.58 Å². The van der Waals surface area contributed by atoms with E-state index in [1.165, 1.54) is 36.8 Å². The third kappa shape index (κ3) is 2.51. The van der Waals surface area contributed by atoms with Crippen molar-refractivity contribution >= 4 is 11.0 Å². The summed E-state index contributed by atoms with van der Waals surface area (Å²) in [4.78, 5) is 14.3. The molecule has 0 saturated carbocycles. The predicted molar refractivity (Wildman–Crippen MR) is 83.6 cm³/mol. The van der Waals surface area contributed by atoms with E-state index >= 15 is 0 Å². The summed E-state index contributed by atoms with van der Waals surface area (Å²) in [7, 11) is 0. The number of hydrogen-bond donors (Lipinski definition) is 0. The van der Waals surface area contributed by atoms with Crippen molar-refractivity contribution in [1.82, 2.24) is 4.90 Å². The Labute approximate surface area is 124 Å². The monoisotopic (exact) mass is 283 g/mol. The Balaban J connectivity index is 1.77. The molecule has 0 amide bonds. The van der Waals surface area contributed by atoms with Gasteiger partial charge in [-0.3, -0.25) is 4.90 Å². The van der Waals surface area contributed by atoms with Crippen LogP contribution in [0.4, 0.5) is 0 Å². The molecule has 2 heterocycles. The SMILES string of the molecule is O=c1cc(CN2CCCCC2)c2cc3c(cc2o1)CCC3. The average Bonchev–Trinajstić information content (AvgIpc) is 2.93. The molecular formula is C18H21NO2. The molecule has 4 rings (SSSR count). The largest absolute Gasteiger partial charge is 0.423 e. The van der Waals surface area contributed by atoms with Crippen molar-refractivity contribution in [3.63, 3.8) is 0 Å². The summed E-state index contributed by atoms with van der Waals surface area (Å²) in [6.45, 7) is 3.17. The van der Waals surface area contributed by atoms with E-state index in [2.05, 4.69) is 17.0 Å². The van der Waals surface area contributed by atoms with Gasteiger partial charge in [0.25, 0.3) is 0 Å². The lowest BCUT2D eigenvalue weighted by Gasteiger charge is -2.26. The van der Waals surface area contributed by atoms with Crippen molar-refractivity contribution in [2.24, 2.45) is 0 Å². The number of rotatable bonds is 2. The molecule has 0 atom stereocenters. The number of nitrogens with zero attached hydrogens (tertiary/aromatic N) is 1. The van der Waals surface area contributed by atoms with Gasteiger partial charge in [-0.1, -0.05) is 6.42 Å². The first-order valence-electron chi connectivity index (χ1n) is 8.10. The average molecular weight is 283 g/mol. The zero-order valence-corrected chi connectivity index (χ0v) is 12.4. The van der Waals surface area contributed by atoms with E-state index in [0.717, 1.165) is 49.0 Å². The molecular weight excluding hydrogens is 262 g/mol. The van der Waals surface area contributed by atoms with Gasteiger partial charge >= 0.3 is 5.63 Å². The Morgan fingerprint density at radius 3 is 2.52 bits per heavy atom. The van der Waals surface area contributed by atoms with Crippen LogP contribution >= 0.6 is 0 Å². The van der Waals surface area contributed by atoms with Crippen molar-refractivity contribution in [1.29, 1.82) is 0 Å². The minimum absolute atomic E-state index is 0.215. The molecule has 1 aliphatic carbocycles. The van der Waals surface area contributed by atoms with Crippen LogP contribution in [0.5, 0.6) is 0 Å². The number of aryl methyl sites for hydroxylation is 2. The summed E-state index contributed by atoms with van der Waals surface area (Å²) in [6.07, 6.45) is 7.38. The van der Waals surface area contributed by atoms with Gasteiger partial charge in [0, 0.05) is 18.0 Å². The summed E-state index contributed by atoms with van der Waals surface area (Å²) in [6, 6.07) is 6.05. The lowest BCUT2D eigenvalue weighted by atomic mass is 10.0. The van der Waals surface area contributed by atoms with E-state index in [1.54, 1.807) is 6.07 Å². The summed E-state index contributed by atoms with van der Waals surface area (Å²) in [5, 5.41) is 1.14. The van der Waals surface area contributed by atoms with Gasteiger partial charge in [-0.25, -0.2) is 4.79 Å². The lowest BCUT2D eigenvalue weighted by Crippen LogP contribution is -2.29. The fourth-order valence-corrected chi connectivity index (χ4v) is 3.78. The van der Waals surface area contributed by atoms with Gasteiger partial charge in [-0.05, 0) is 74.0 Å². The Morgan fingerprint density at radius 2 is 1.71 bits per heavy atom. The molecule has 3 heteroatoms. The van der Waals surface area contributed by atoms with E-state index in [9.17, 15) is 4.79 Å². The lowest BCUT2D eigenvalue weighted by molar-refractivity contribution is 0.221. The molecule has 0 radical (unpaired) electrons. The number of benzene rings is 1. The van der Waals surface area contributed by atoms with Crippen molar-refractivity contribution < 1.29 is 4.42 Å². The van der Waals surface area contributed by atoms with E-state index in [1.807, 2.05) is 0 Å². The van der Waals surface area contributed by atoms with Crippen molar-refractivity contribution in [3.05, 3.63) is 45.3 Å². The molecule has 2 aliphatic rings. The normalized spacial score (nSPS) is 19.0. The zero-order chi connectivity index (χ0) is 14.2.